The Balaban J connectivity index is 0.000000212. The third-order valence-electron chi connectivity index (χ3n) is 6.90. The molecule has 0 fully saturated rings. The Bertz CT molecular complexity index is 2050. The van der Waals surface area contributed by atoms with Gasteiger partial charge in [-0.3, -0.25) is 0 Å². The van der Waals surface area contributed by atoms with Crippen LogP contribution in [0.2, 0.25) is 19.6 Å². The van der Waals surface area contributed by atoms with Crippen LogP contribution in [0.1, 0.15) is 44.7 Å². The molecule has 6 aromatic rings. The van der Waals surface area contributed by atoms with Crippen LogP contribution >= 0.6 is 11.3 Å². The summed E-state index contributed by atoms with van der Waals surface area (Å²) in [5.41, 5.74) is 4.01. The fourth-order valence-electron chi connectivity index (χ4n) is 4.70. The van der Waals surface area contributed by atoms with Gasteiger partial charge in [0.25, 0.3) is 0 Å². The monoisotopic (exact) mass is 773 g/mol. The number of halogens is 1. The number of nitrogens with zero attached hydrogens (tertiary/aromatic N) is 2. The number of hydrogen-bond acceptors (Lipinski definition) is 3. The summed E-state index contributed by atoms with van der Waals surface area (Å²) >= 11 is 1.74. The van der Waals surface area contributed by atoms with Gasteiger partial charge < -0.3 is 9.97 Å². The Kier molecular flexibility index (Phi) is 7.61. The van der Waals surface area contributed by atoms with Crippen LogP contribution in [0.5, 0.6) is 0 Å². The normalized spacial score (nSPS) is 14.1. The molecule has 3 heterocycles. The maximum Gasteiger partial charge on any atom is 0.143 e. The second-order valence-electron chi connectivity index (χ2n) is 11.3. The van der Waals surface area contributed by atoms with E-state index in [0.717, 1.165) is 21.1 Å². The maximum absolute atomic E-state index is 13.9. The van der Waals surface area contributed by atoms with Crippen molar-refractivity contribution in [2.24, 2.45) is 0 Å². The minimum atomic E-state index is -2.22. The van der Waals surface area contributed by atoms with Crippen molar-refractivity contribution in [3.05, 3.63) is 114 Å². The molecular weight excluding hydrogens is 732 g/mol. The first kappa shape index (κ1) is 24.4. The SMILES string of the molecule is CC(C)c1cc(-c2[c-]ccc3c2sc2ccccc23)ncc1F.[2H]C([2H])([2H])c1c[c-]c(-c2cc(C([2H])([2H])[2H])c([Si](C)(C)C)cn2)cc1.[Ir]. The molecule has 0 aliphatic heterocycles. The summed E-state index contributed by atoms with van der Waals surface area (Å²) in [5, 5.41) is 3.26. The number of pyridine rings is 2. The third-order valence-corrected chi connectivity index (χ3v) is 10.1. The summed E-state index contributed by atoms with van der Waals surface area (Å²) in [4.78, 5) is 8.71. The van der Waals surface area contributed by atoms with Crippen molar-refractivity contribution >= 4 is 44.8 Å². The molecule has 2 nitrogen and oxygen atoms in total. The van der Waals surface area contributed by atoms with Gasteiger partial charge in [0.1, 0.15) is 5.82 Å². The molecule has 6 heteroatoms. The zero-order chi connectivity index (χ0) is 34.3. The molecule has 0 saturated carbocycles. The molecular formula is C36H35FIrN2SSi-2. The van der Waals surface area contributed by atoms with Gasteiger partial charge in [-0.05, 0) is 51.1 Å². The van der Waals surface area contributed by atoms with Crippen LogP contribution in [-0.2, 0) is 20.1 Å². The Morgan fingerprint density at radius 1 is 0.905 bits per heavy atom. The first-order valence-electron chi connectivity index (χ1n) is 16.5. The van der Waals surface area contributed by atoms with Crippen molar-refractivity contribution in [1.82, 2.24) is 9.97 Å². The minimum Gasteiger partial charge on any atom is -0.305 e. The van der Waals surface area contributed by atoms with Crippen LogP contribution in [0.25, 0.3) is 42.7 Å². The summed E-state index contributed by atoms with van der Waals surface area (Å²) in [5.74, 6) is -0.120. The first-order chi connectivity index (χ1) is 21.9. The fraction of sp³-hybridized carbons (Fsp3) is 0.222. The van der Waals surface area contributed by atoms with E-state index in [9.17, 15) is 4.39 Å². The minimum absolute atomic E-state index is 0. The van der Waals surface area contributed by atoms with Crippen LogP contribution in [0.3, 0.4) is 0 Å². The summed E-state index contributed by atoms with van der Waals surface area (Å²) in [6.07, 6.45) is 2.97. The van der Waals surface area contributed by atoms with E-state index in [2.05, 4.69) is 66.0 Å². The predicted octanol–water partition coefficient (Wildman–Crippen LogP) is 9.89. The summed E-state index contributed by atoms with van der Waals surface area (Å²) in [6.45, 7) is 5.82. The molecule has 42 heavy (non-hydrogen) atoms. The van der Waals surface area contributed by atoms with E-state index in [4.69, 9.17) is 8.22 Å². The van der Waals surface area contributed by atoms with Crippen molar-refractivity contribution in [2.75, 3.05) is 0 Å². The van der Waals surface area contributed by atoms with Gasteiger partial charge >= 0.3 is 0 Å². The Morgan fingerprint density at radius 3 is 2.38 bits per heavy atom. The molecule has 0 saturated heterocycles. The summed E-state index contributed by atoms with van der Waals surface area (Å²) < 4.78 is 61.9. The third kappa shape index (κ3) is 6.79. The second-order valence-corrected chi connectivity index (χ2v) is 17.4. The van der Waals surface area contributed by atoms with Crippen molar-refractivity contribution in [3.8, 4) is 22.5 Å². The molecule has 0 amide bonds. The van der Waals surface area contributed by atoms with E-state index >= 15 is 0 Å². The number of benzene rings is 3. The van der Waals surface area contributed by atoms with Gasteiger partial charge in [-0.15, -0.1) is 59.2 Å². The average Bonchev–Trinajstić information content (AvgIpc) is 3.39. The zero-order valence-corrected chi connectivity index (χ0v) is 28.3. The summed E-state index contributed by atoms with van der Waals surface area (Å²) in [7, 11) is -1.85. The maximum atomic E-state index is 13.9. The van der Waals surface area contributed by atoms with E-state index in [1.807, 2.05) is 32.0 Å². The van der Waals surface area contributed by atoms with Crippen molar-refractivity contribution in [1.29, 1.82) is 0 Å². The van der Waals surface area contributed by atoms with E-state index in [-0.39, 0.29) is 37.4 Å². The Labute approximate surface area is 275 Å². The van der Waals surface area contributed by atoms with E-state index in [1.165, 1.54) is 33.8 Å². The molecule has 0 N–H and O–H groups in total. The van der Waals surface area contributed by atoms with Crippen LogP contribution in [0.15, 0.2) is 79.1 Å². The van der Waals surface area contributed by atoms with Gasteiger partial charge in [0.15, 0.2) is 0 Å². The van der Waals surface area contributed by atoms with Crippen LogP contribution < -0.4 is 5.19 Å². The van der Waals surface area contributed by atoms with Gasteiger partial charge in [-0.1, -0.05) is 81.6 Å². The molecule has 6 rings (SSSR count). The molecule has 0 bridgehead atoms. The fourth-order valence-corrected chi connectivity index (χ4v) is 7.24. The van der Waals surface area contributed by atoms with Crippen molar-refractivity contribution in [3.63, 3.8) is 0 Å². The number of fused-ring (bicyclic) bond motifs is 3. The Hall–Kier alpha value is -3.02. The van der Waals surface area contributed by atoms with Crippen LogP contribution in [-0.4, -0.2) is 18.0 Å². The number of aryl methyl sites for hydroxylation is 2. The molecule has 1 radical (unpaired) electrons. The van der Waals surface area contributed by atoms with Gasteiger partial charge in [0.2, 0.25) is 0 Å². The zero-order valence-electron chi connectivity index (χ0n) is 30.1. The van der Waals surface area contributed by atoms with Crippen LogP contribution in [0.4, 0.5) is 4.39 Å². The molecule has 3 aromatic heterocycles. The number of thiophene rings is 1. The molecule has 0 aliphatic rings. The van der Waals surface area contributed by atoms with Gasteiger partial charge in [-0.25, -0.2) is 4.39 Å². The van der Waals surface area contributed by atoms with E-state index in [1.54, 1.807) is 29.7 Å². The van der Waals surface area contributed by atoms with Gasteiger partial charge in [-0.2, -0.15) is 11.3 Å². The van der Waals surface area contributed by atoms with E-state index in [0.29, 0.717) is 22.4 Å². The predicted molar refractivity (Wildman–Crippen MR) is 176 cm³/mol. The summed E-state index contributed by atoms with van der Waals surface area (Å²) in [6, 6.07) is 26.5. The number of aromatic nitrogens is 2. The Morgan fingerprint density at radius 2 is 1.69 bits per heavy atom. The van der Waals surface area contributed by atoms with Gasteiger partial charge in [0.05, 0.1) is 14.3 Å². The largest absolute Gasteiger partial charge is 0.305 e. The molecule has 0 spiro atoms. The number of hydrogen-bond donors (Lipinski definition) is 0. The quantitative estimate of drug-likeness (QED) is 0.132. The standard InChI is InChI=1S/C20H15FNS.C16H20NSi.Ir/c1-12(2)16-10-18(22-11-17(16)21)15-8-5-7-14-13-6-3-4-9-19(13)23-20(14)15;1-12-6-8-14(9-7-12)15-10-13(2)16(11-17-15)18(3,4)5;/h3-7,9-12H,1-2H3;6-8,10-11H,1-5H3;/q2*-1;/i;1D3,2D3;. The van der Waals surface area contributed by atoms with Gasteiger partial charge in [0, 0.05) is 39.2 Å². The van der Waals surface area contributed by atoms with Crippen molar-refractivity contribution in [2.45, 2.75) is 53.1 Å². The second kappa shape index (κ2) is 13.1. The topological polar surface area (TPSA) is 25.8 Å². The molecule has 0 unspecified atom stereocenters. The first-order valence-corrected chi connectivity index (χ1v) is 17.8. The average molecular weight is 773 g/mol. The molecule has 217 valence electrons. The van der Waals surface area contributed by atoms with E-state index < -0.39 is 21.8 Å². The number of rotatable bonds is 4. The molecule has 0 atom stereocenters. The smallest absolute Gasteiger partial charge is 0.143 e. The molecule has 0 aliphatic carbocycles. The van der Waals surface area contributed by atoms with Crippen LogP contribution in [0, 0.1) is 31.7 Å². The van der Waals surface area contributed by atoms with Crippen molar-refractivity contribution < 1.29 is 32.7 Å². The molecule has 3 aromatic carbocycles.